The molecule has 0 aliphatic heterocycles. The van der Waals surface area contributed by atoms with Gasteiger partial charge in [-0.2, -0.15) is 5.26 Å². The van der Waals surface area contributed by atoms with E-state index in [9.17, 15) is 8.42 Å². The molecule has 0 fully saturated rings. The highest BCUT2D eigenvalue weighted by molar-refractivity contribution is 7.91. The predicted octanol–water partition coefficient (Wildman–Crippen LogP) is 6.44. The second kappa shape index (κ2) is 11.6. The lowest BCUT2D eigenvalue weighted by atomic mass is 10.1. The average Bonchev–Trinajstić information content (AvgIpc) is 2.91. The molecule has 0 atom stereocenters. The Balaban J connectivity index is 1.48. The zero-order valence-electron chi connectivity index (χ0n) is 23.3. The van der Waals surface area contributed by atoms with Crippen molar-refractivity contribution in [3.05, 3.63) is 89.9 Å². The van der Waals surface area contributed by atoms with Crippen LogP contribution < -0.4 is 5.32 Å². The molecular weight excluding hydrogens is 537 g/mol. The van der Waals surface area contributed by atoms with Gasteiger partial charge >= 0.3 is 0 Å². The van der Waals surface area contributed by atoms with E-state index in [4.69, 9.17) is 9.69 Å². The number of nitrogens with zero attached hydrogens (tertiary/aromatic N) is 3. The molecule has 204 valence electrons. The molecule has 2 aromatic carbocycles. The van der Waals surface area contributed by atoms with Gasteiger partial charge in [-0.15, -0.1) is 0 Å². The van der Waals surface area contributed by atoms with Crippen LogP contribution in [0.25, 0.3) is 10.8 Å². The highest BCUT2D eigenvalue weighted by atomic mass is 32.2. The van der Waals surface area contributed by atoms with E-state index in [0.29, 0.717) is 22.8 Å². The molecule has 0 aliphatic carbocycles. The molecule has 2 aromatic heterocycles. The quantitative estimate of drug-likeness (QED) is 0.202. The van der Waals surface area contributed by atoms with E-state index in [1.54, 1.807) is 60.9 Å². The summed E-state index contributed by atoms with van der Waals surface area (Å²) < 4.78 is 31.8. The number of fused-ring (bicyclic) bond motifs is 1. The Morgan fingerprint density at radius 3 is 2.27 bits per heavy atom. The third kappa shape index (κ3) is 6.94. The van der Waals surface area contributed by atoms with Crippen molar-refractivity contribution in [1.82, 2.24) is 9.97 Å². The van der Waals surface area contributed by atoms with Crippen LogP contribution in [0.4, 0.5) is 11.5 Å². The minimum Gasteiger partial charge on any atom is -0.416 e. The molecule has 1 N–H and O–H groups in total. The van der Waals surface area contributed by atoms with E-state index in [2.05, 4.69) is 67.1 Å². The summed E-state index contributed by atoms with van der Waals surface area (Å²) in [5.74, 6) is 6.74. The predicted molar refractivity (Wildman–Crippen MR) is 162 cm³/mol. The normalized spacial score (nSPS) is 11.9. The van der Waals surface area contributed by atoms with Gasteiger partial charge in [0.2, 0.25) is 0 Å². The molecule has 0 spiro atoms. The van der Waals surface area contributed by atoms with Crippen molar-refractivity contribution in [3.63, 3.8) is 0 Å². The number of nitrogens with one attached hydrogen (secondary N) is 1. The number of nitriles is 1. The Bertz CT molecular complexity index is 1730. The van der Waals surface area contributed by atoms with Crippen LogP contribution in [0.15, 0.2) is 78.0 Å². The summed E-state index contributed by atoms with van der Waals surface area (Å²) in [4.78, 5) is 9.18. The first-order chi connectivity index (χ1) is 18.9. The van der Waals surface area contributed by atoms with Crippen LogP contribution in [0.1, 0.15) is 37.6 Å². The molecule has 0 unspecified atom stereocenters. The molecule has 0 saturated heterocycles. The van der Waals surface area contributed by atoms with Gasteiger partial charge in [0.05, 0.1) is 22.3 Å². The largest absolute Gasteiger partial charge is 0.416 e. The summed E-state index contributed by atoms with van der Waals surface area (Å²) in [6.07, 6.45) is 3.43. The summed E-state index contributed by atoms with van der Waals surface area (Å²) in [5.41, 5.74) is 2.68. The standard InChI is InChI=1S/C31H32N4O3SSi/c1-31(2,3)40(4,5)38-18-19-39(36,37)27-13-11-26(12-14-27)35-30-20-28-25(22-34-30)16-17-33-29(28)15-10-23-6-8-24(21-32)9-7-23/h6-9,11-14,16-17,20,22H,18-19H2,1-5H3,(H,34,35). The summed E-state index contributed by atoms with van der Waals surface area (Å²) >= 11 is 0. The minimum absolute atomic E-state index is 0.0231. The first-order valence-corrected chi connectivity index (χ1v) is 17.4. The van der Waals surface area contributed by atoms with Crippen LogP contribution in [0.3, 0.4) is 0 Å². The molecule has 40 heavy (non-hydrogen) atoms. The number of benzene rings is 2. The molecule has 0 radical (unpaired) electrons. The highest BCUT2D eigenvalue weighted by Crippen LogP contribution is 2.36. The molecule has 4 rings (SSSR count). The van der Waals surface area contributed by atoms with Crippen molar-refractivity contribution in [2.24, 2.45) is 0 Å². The van der Waals surface area contributed by atoms with Crippen LogP contribution in [-0.2, 0) is 14.3 Å². The number of sulfone groups is 1. The van der Waals surface area contributed by atoms with Gasteiger partial charge in [-0.05, 0) is 84.7 Å². The zero-order valence-corrected chi connectivity index (χ0v) is 25.1. The fourth-order valence-electron chi connectivity index (χ4n) is 3.63. The maximum atomic E-state index is 12.9. The van der Waals surface area contributed by atoms with E-state index in [-0.39, 0.29) is 22.3 Å². The van der Waals surface area contributed by atoms with E-state index >= 15 is 0 Å². The smallest absolute Gasteiger partial charge is 0.192 e. The first-order valence-electron chi connectivity index (χ1n) is 12.9. The Morgan fingerprint density at radius 2 is 1.62 bits per heavy atom. The van der Waals surface area contributed by atoms with Crippen molar-refractivity contribution < 1.29 is 12.8 Å². The summed E-state index contributed by atoms with van der Waals surface area (Å²) in [5, 5.41) is 14.0. The average molecular weight is 569 g/mol. The molecule has 0 saturated carbocycles. The van der Waals surface area contributed by atoms with Crippen molar-refractivity contribution in [3.8, 4) is 17.9 Å². The lowest BCUT2D eigenvalue weighted by Gasteiger charge is -2.36. The van der Waals surface area contributed by atoms with Crippen molar-refractivity contribution in [1.29, 1.82) is 5.26 Å². The van der Waals surface area contributed by atoms with Crippen molar-refractivity contribution in [2.45, 2.75) is 43.8 Å². The van der Waals surface area contributed by atoms with E-state index in [1.807, 2.05) is 12.1 Å². The molecule has 2 heterocycles. The number of rotatable bonds is 7. The summed E-state index contributed by atoms with van der Waals surface area (Å²) in [6.45, 7) is 10.8. The molecule has 0 aliphatic rings. The first kappa shape index (κ1) is 29.0. The molecular formula is C31H32N4O3SSi. The van der Waals surface area contributed by atoms with E-state index in [0.717, 1.165) is 16.3 Å². The Labute approximate surface area is 237 Å². The van der Waals surface area contributed by atoms with E-state index in [1.165, 1.54) is 0 Å². The van der Waals surface area contributed by atoms with Gasteiger partial charge < -0.3 is 9.74 Å². The SMILES string of the molecule is CC(C)(C)[Si](C)(C)OCCS(=O)(=O)c1ccc(Nc2cc3c(C#Cc4ccc(C#N)cc4)nccc3cn2)cc1. The topological polar surface area (TPSA) is 105 Å². The minimum atomic E-state index is -3.47. The van der Waals surface area contributed by atoms with Gasteiger partial charge in [0.1, 0.15) is 11.5 Å². The Hall–Kier alpha value is -4.02. The monoisotopic (exact) mass is 568 g/mol. The van der Waals surface area contributed by atoms with Gasteiger partial charge in [0.25, 0.3) is 0 Å². The molecule has 4 aromatic rings. The second-order valence-corrected chi connectivity index (χ2v) is 17.9. The maximum absolute atomic E-state index is 12.9. The summed E-state index contributed by atoms with van der Waals surface area (Å²) in [7, 11) is -5.48. The van der Waals surface area contributed by atoms with E-state index < -0.39 is 18.2 Å². The fourth-order valence-corrected chi connectivity index (χ4v) is 5.91. The maximum Gasteiger partial charge on any atom is 0.192 e. The summed E-state index contributed by atoms with van der Waals surface area (Å²) in [6, 6.07) is 19.5. The number of pyridine rings is 2. The van der Waals surface area contributed by atoms with Crippen LogP contribution in [0.5, 0.6) is 0 Å². The molecule has 9 heteroatoms. The lowest BCUT2D eigenvalue weighted by Crippen LogP contribution is -2.41. The third-order valence-electron chi connectivity index (χ3n) is 7.09. The number of hydrogen-bond acceptors (Lipinski definition) is 7. The van der Waals surface area contributed by atoms with Crippen molar-refractivity contribution in [2.75, 3.05) is 17.7 Å². The fraction of sp³-hybridized carbons (Fsp3) is 0.258. The molecule has 0 bridgehead atoms. The van der Waals surface area contributed by atoms with Crippen LogP contribution in [0.2, 0.25) is 18.1 Å². The number of hydrogen-bond donors (Lipinski definition) is 1. The van der Waals surface area contributed by atoms with Gasteiger partial charge in [-0.25, -0.2) is 18.4 Å². The van der Waals surface area contributed by atoms with Gasteiger partial charge in [0.15, 0.2) is 18.2 Å². The van der Waals surface area contributed by atoms with Crippen LogP contribution in [0, 0.1) is 23.2 Å². The molecule has 0 amide bonds. The molecule has 7 nitrogen and oxygen atoms in total. The number of aromatic nitrogens is 2. The number of anilines is 2. The second-order valence-electron chi connectivity index (χ2n) is 11.0. The zero-order chi connectivity index (χ0) is 29.0. The van der Waals surface area contributed by atoms with Crippen LogP contribution >= 0.6 is 0 Å². The van der Waals surface area contributed by atoms with Gasteiger partial charge in [-0.1, -0.05) is 26.7 Å². The Kier molecular flexibility index (Phi) is 8.41. The third-order valence-corrected chi connectivity index (χ3v) is 13.3. The highest BCUT2D eigenvalue weighted by Gasteiger charge is 2.37. The van der Waals surface area contributed by atoms with Gasteiger partial charge in [0, 0.05) is 41.0 Å². The van der Waals surface area contributed by atoms with Gasteiger partial charge in [-0.3, -0.25) is 0 Å². The Morgan fingerprint density at radius 1 is 0.950 bits per heavy atom. The van der Waals surface area contributed by atoms with Crippen LogP contribution in [-0.4, -0.2) is 39.1 Å². The lowest BCUT2D eigenvalue weighted by molar-refractivity contribution is 0.309. The van der Waals surface area contributed by atoms with Crippen molar-refractivity contribution >= 4 is 40.4 Å².